The van der Waals surface area contributed by atoms with E-state index >= 15 is 0 Å². The van der Waals surface area contributed by atoms with Gasteiger partial charge in [0.05, 0.1) is 23.4 Å². The van der Waals surface area contributed by atoms with Crippen LogP contribution in [-0.2, 0) is 11.2 Å². The fourth-order valence-electron chi connectivity index (χ4n) is 4.83. The van der Waals surface area contributed by atoms with Crippen molar-refractivity contribution in [1.29, 1.82) is 0 Å². The highest BCUT2D eigenvalue weighted by molar-refractivity contribution is 5.97. The first-order chi connectivity index (χ1) is 17.9. The van der Waals surface area contributed by atoms with Crippen molar-refractivity contribution in [1.82, 2.24) is 14.4 Å². The highest BCUT2D eigenvalue weighted by Crippen LogP contribution is 2.31. The molecule has 1 aliphatic rings. The molecule has 2 heterocycles. The monoisotopic (exact) mass is 499 g/mol. The number of piperazine rings is 1. The summed E-state index contributed by atoms with van der Waals surface area (Å²) in [5, 5.41) is 0. The van der Waals surface area contributed by atoms with E-state index in [-0.39, 0.29) is 17.5 Å². The van der Waals surface area contributed by atoms with Gasteiger partial charge in [0, 0.05) is 37.9 Å². The second-order valence-corrected chi connectivity index (χ2v) is 9.16. The molecule has 5 rings (SSSR count). The van der Waals surface area contributed by atoms with Crippen LogP contribution in [0.2, 0.25) is 0 Å². The summed E-state index contributed by atoms with van der Waals surface area (Å²) in [4.78, 5) is 29.9. The van der Waals surface area contributed by atoms with Crippen LogP contribution in [0.15, 0.2) is 84.9 Å². The van der Waals surface area contributed by atoms with Gasteiger partial charge >= 0.3 is 0 Å². The Morgan fingerprint density at radius 3 is 2.05 bits per heavy atom. The standard InChI is InChI=1S/C30H27F2N3O2/c1-21-25(30(37)34-16-14-33(15-17-34)29(36)18-22-8-4-2-5-9-22)20-28(23-10-6-3-7-11-23)35(21)27-13-12-24(31)19-26(27)32/h2-13,19-20H,14-18H2,1H3. The summed E-state index contributed by atoms with van der Waals surface area (Å²) in [6, 6.07) is 24.2. The molecule has 0 bridgehead atoms. The van der Waals surface area contributed by atoms with Gasteiger partial charge in [-0.1, -0.05) is 60.7 Å². The summed E-state index contributed by atoms with van der Waals surface area (Å²) in [5.41, 5.74) is 3.61. The van der Waals surface area contributed by atoms with Crippen molar-refractivity contribution < 1.29 is 18.4 Å². The molecule has 0 saturated carbocycles. The number of rotatable bonds is 5. The van der Waals surface area contributed by atoms with Crippen LogP contribution >= 0.6 is 0 Å². The highest BCUT2D eigenvalue weighted by Gasteiger charge is 2.28. The molecule has 5 nitrogen and oxygen atoms in total. The lowest BCUT2D eigenvalue weighted by Crippen LogP contribution is -2.51. The molecule has 1 aliphatic heterocycles. The zero-order chi connectivity index (χ0) is 25.9. The largest absolute Gasteiger partial charge is 0.339 e. The maximum Gasteiger partial charge on any atom is 0.255 e. The minimum atomic E-state index is -0.708. The molecule has 1 aromatic heterocycles. The van der Waals surface area contributed by atoms with E-state index in [1.54, 1.807) is 27.4 Å². The van der Waals surface area contributed by atoms with E-state index in [1.807, 2.05) is 60.7 Å². The normalized spacial score (nSPS) is 13.6. The van der Waals surface area contributed by atoms with Gasteiger partial charge in [-0.05, 0) is 36.2 Å². The van der Waals surface area contributed by atoms with Crippen molar-refractivity contribution in [3.63, 3.8) is 0 Å². The number of hydrogen-bond acceptors (Lipinski definition) is 2. The zero-order valence-corrected chi connectivity index (χ0v) is 20.5. The van der Waals surface area contributed by atoms with Gasteiger partial charge in [0.25, 0.3) is 5.91 Å². The van der Waals surface area contributed by atoms with E-state index < -0.39 is 11.6 Å². The van der Waals surface area contributed by atoms with Gasteiger partial charge in [0.1, 0.15) is 11.6 Å². The lowest BCUT2D eigenvalue weighted by molar-refractivity contribution is -0.131. The Morgan fingerprint density at radius 2 is 1.41 bits per heavy atom. The Morgan fingerprint density at radius 1 is 0.784 bits per heavy atom. The first-order valence-electron chi connectivity index (χ1n) is 12.3. The van der Waals surface area contributed by atoms with Crippen LogP contribution in [0.3, 0.4) is 0 Å². The van der Waals surface area contributed by atoms with Gasteiger partial charge in [0.2, 0.25) is 5.91 Å². The van der Waals surface area contributed by atoms with Crippen molar-refractivity contribution >= 4 is 11.8 Å². The average Bonchev–Trinajstić information content (AvgIpc) is 3.26. The van der Waals surface area contributed by atoms with Crippen LogP contribution in [0, 0.1) is 18.6 Å². The van der Waals surface area contributed by atoms with Crippen LogP contribution in [0.4, 0.5) is 8.78 Å². The van der Waals surface area contributed by atoms with E-state index in [0.717, 1.165) is 17.2 Å². The first kappa shape index (κ1) is 24.4. The van der Waals surface area contributed by atoms with Crippen molar-refractivity contribution in [2.24, 2.45) is 0 Å². The van der Waals surface area contributed by atoms with Gasteiger partial charge in [-0.25, -0.2) is 8.78 Å². The molecule has 37 heavy (non-hydrogen) atoms. The Hall–Kier alpha value is -4.26. The van der Waals surface area contributed by atoms with E-state index in [9.17, 15) is 18.4 Å². The summed E-state index contributed by atoms with van der Waals surface area (Å²) < 4.78 is 30.2. The van der Waals surface area contributed by atoms with E-state index in [0.29, 0.717) is 49.6 Å². The van der Waals surface area contributed by atoms with Gasteiger partial charge < -0.3 is 14.4 Å². The zero-order valence-electron chi connectivity index (χ0n) is 20.5. The molecule has 0 aliphatic carbocycles. The first-order valence-corrected chi connectivity index (χ1v) is 12.3. The molecule has 7 heteroatoms. The van der Waals surface area contributed by atoms with Crippen LogP contribution in [0.5, 0.6) is 0 Å². The number of nitrogens with zero attached hydrogens (tertiary/aromatic N) is 3. The number of carbonyl (C=O) groups excluding carboxylic acids is 2. The molecule has 1 saturated heterocycles. The molecule has 3 aromatic carbocycles. The highest BCUT2D eigenvalue weighted by atomic mass is 19.1. The van der Waals surface area contributed by atoms with Crippen LogP contribution in [0.25, 0.3) is 16.9 Å². The molecule has 0 unspecified atom stereocenters. The second-order valence-electron chi connectivity index (χ2n) is 9.16. The summed E-state index contributed by atoms with van der Waals surface area (Å²) in [5.74, 6) is -1.51. The number of aromatic nitrogens is 1. The minimum Gasteiger partial charge on any atom is -0.339 e. The molecule has 0 atom stereocenters. The average molecular weight is 500 g/mol. The van der Waals surface area contributed by atoms with Crippen LogP contribution < -0.4 is 0 Å². The van der Waals surface area contributed by atoms with Crippen molar-refractivity contribution in [3.8, 4) is 16.9 Å². The van der Waals surface area contributed by atoms with Gasteiger partial charge in [0.15, 0.2) is 0 Å². The van der Waals surface area contributed by atoms with Crippen LogP contribution in [0.1, 0.15) is 21.6 Å². The Balaban J connectivity index is 1.39. The number of carbonyl (C=O) groups is 2. The topological polar surface area (TPSA) is 45.6 Å². The Bertz CT molecular complexity index is 1430. The number of hydrogen-bond donors (Lipinski definition) is 0. The molecule has 4 aromatic rings. The van der Waals surface area contributed by atoms with Crippen molar-refractivity contribution in [2.75, 3.05) is 26.2 Å². The van der Waals surface area contributed by atoms with Gasteiger partial charge in [-0.15, -0.1) is 0 Å². The molecule has 188 valence electrons. The summed E-state index contributed by atoms with van der Waals surface area (Å²) in [6.45, 7) is 3.50. The third kappa shape index (κ3) is 5.03. The van der Waals surface area contributed by atoms with Gasteiger partial charge in [-0.3, -0.25) is 9.59 Å². The molecule has 2 amide bonds. The smallest absolute Gasteiger partial charge is 0.255 e. The maximum absolute atomic E-state index is 14.9. The summed E-state index contributed by atoms with van der Waals surface area (Å²) >= 11 is 0. The quantitative estimate of drug-likeness (QED) is 0.376. The number of halogens is 2. The van der Waals surface area contributed by atoms with E-state index in [4.69, 9.17) is 0 Å². The molecule has 0 N–H and O–H groups in total. The Labute approximate surface area is 214 Å². The third-order valence-electron chi connectivity index (χ3n) is 6.82. The predicted octanol–water partition coefficient (Wildman–Crippen LogP) is 5.26. The molecule has 0 spiro atoms. The molecule has 0 radical (unpaired) electrons. The number of benzene rings is 3. The van der Waals surface area contributed by atoms with Crippen LogP contribution in [-0.4, -0.2) is 52.4 Å². The maximum atomic E-state index is 14.9. The minimum absolute atomic E-state index is 0.0405. The Kier molecular flexibility index (Phi) is 6.86. The summed E-state index contributed by atoms with van der Waals surface area (Å²) in [6.07, 6.45) is 0.334. The van der Waals surface area contributed by atoms with E-state index in [1.165, 1.54) is 12.1 Å². The molecule has 1 fully saturated rings. The lowest BCUT2D eigenvalue weighted by Gasteiger charge is -2.35. The SMILES string of the molecule is Cc1c(C(=O)N2CCN(C(=O)Cc3ccccc3)CC2)cc(-c2ccccc2)n1-c1ccc(F)cc1F. The fourth-order valence-corrected chi connectivity index (χ4v) is 4.83. The van der Waals surface area contributed by atoms with E-state index in [2.05, 4.69) is 0 Å². The fraction of sp³-hybridized carbons (Fsp3) is 0.200. The second kappa shape index (κ2) is 10.4. The lowest BCUT2D eigenvalue weighted by atomic mass is 10.1. The molecular weight excluding hydrogens is 472 g/mol. The predicted molar refractivity (Wildman–Crippen MR) is 138 cm³/mol. The van der Waals surface area contributed by atoms with Crippen molar-refractivity contribution in [3.05, 3.63) is 113 Å². The third-order valence-corrected chi connectivity index (χ3v) is 6.82. The molecular formula is C30H27F2N3O2. The van der Waals surface area contributed by atoms with Crippen molar-refractivity contribution in [2.45, 2.75) is 13.3 Å². The number of amides is 2. The summed E-state index contributed by atoms with van der Waals surface area (Å²) in [7, 11) is 0. The van der Waals surface area contributed by atoms with Gasteiger partial charge in [-0.2, -0.15) is 0 Å².